The summed E-state index contributed by atoms with van der Waals surface area (Å²) < 4.78 is 2.10. The van der Waals surface area contributed by atoms with Crippen molar-refractivity contribution < 1.29 is 4.79 Å². The summed E-state index contributed by atoms with van der Waals surface area (Å²) in [5, 5.41) is 0.905. The van der Waals surface area contributed by atoms with E-state index in [9.17, 15) is 4.79 Å². The Balaban J connectivity index is 2.19. The lowest BCUT2D eigenvalue weighted by atomic mass is 10.1. The van der Waals surface area contributed by atoms with E-state index >= 15 is 0 Å². The molecule has 0 aliphatic heterocycles. The van der Waals surface area contributed by atoms with Crippen LogP contribution in [0.4, 0.5) is 0 Å². The van der Waals surface area contributed by atoms with Gasteiger partial charge in [0.25, 0.3) is 5.91 Å². The molecule has 1 atom stereocenters. The zero-order valence-electron chi connectivity index (χ0n) is 11.3. The van der Waals surface area contributed by atoms with Crippen molar-refractivity contribution in [2.45, 2.75) is 13.0 Å². The second-order valence-electron chi connectivity index (χ2n) is 4.92. The molecule has 2 aromatic carbocycles. The normalized spacial score (nSPS) is 12.4. The topological polar surface area (TPSA) is 48.0 Å². The molecule has 20 heavy (non-hydrogen) atoms. The van der Waals surface area contributed by atoms with E-state index in [4.69, 9.17) is 5.73 Å². The fourth-order valence-corrected chi connectivity index (χ4v) is 2.61. The first kappa shape index (κ1) is 12.5. The average Bonchev–Trinajstić information content (AvgIpc) is 2.87. The molecule has 0 saturated carbocycles. The molecule has 3 rings (SSSR count). The van der Waals surface area contributed by atoms with Crippen LogP contribution in [0.25, 0.3) is 10.9 Å². The molecule has 0 radical (unpaired) electrons. The molecule has 0 aliphatic rings. The van der Waals surface area contributed by atoms with Crippen molar-refractivity contribution in [1.29, 1.82) is 0 Å². The average molecular weight is 264 g/mol. The number of carbonyl (C=O) groups excluding carboxylic acids is 1. The molecule has 0 spiro atoms. The first-order valence-electron chi connectivity index (χ1n) is 6.63. The Hall–Kier alpha value is -2.55. The van der Waals surface area contributed by atoms with E-state index in [2.05, 4.69) is 23.6 Å². The highest BCUT2D eigenvalue weighted by molar-refractivity contribution is 6.06. The van der Waals surface area contributed by atoms with Gasteiger partial charge in [0.15, 0.2) is 0 Å². The number of nitrogens with zero attached hydrogens (tertiary/aromatic N) is 1. The minimum absolute atomic E-state index is 0.147. The molecular weight excluding hydrogens is 248 g/mol. The highest BCUT2D eigenvalue weighted by Crippen LogP contribution is 2.27. The van der Waals surface area contributed by atoms with Crippen LogP contribution in [0.2, 0.25) is 0 Å². The first-order chi connectivity index (χ1) is 9.68. The molecule has 0 aliphatic carbocycles. The maximum absolute atomic E-state index is 11.6. The standard InChI is InChI=1S/C17H16N2O/c1-12(13-7-3-2-4-8-13)19-11-15(17(18)20)14-9-5-6-10-16(14)19/h2-12H,1H3,(H2,18,20). The molecule has 1 aromatic heterocycles. The highest BCUT2D eigenvalue weighted by Gasteiger charge is 2.16. The minimum atomic E-state index is -0.389. The second-order valence-corrected chi connectivity index (χ2v) is 4.92. The van der Waals surface area contributed by atoms with Crippen molar-refractivity contribution in [3.8, 4) is 0 Å². The number of hydrogen-bond acceptors (Lipinski definition) is 1. The summed E-state index contributed by atoms with van der Waals surface area (Å²) in [5.74, 6) is -0.389. The smallest absolute Gasteiger partial charge is 0.250 e. The summed E-state index contributed by atoms with van der Waals surface area (Å²) in [6.45, 7) is 2.12. The lowest BCUT2D eigenvalue weighted by Gasteiger charge is -2.15. The molecule has 3 heteroatoms. The number of nitrogens with two attached hydrogens (primary N) is 1. The Bertz CT molecular complexity index is 759. The van der Waals surface area contributed by atoms with E-state index in [1.807, 2.05) is 48.7 Å². The van der Waals surface area contributed by atoms with Crippen molar-refractivity contribution in [1.82, 2.24) is 4.57 Å². The largest absolute Gasteiger partial charge is 0.366 e. The number of para-hydroxylation sites is 1. The van der Waals surface area contributed by atoms with Crippen LogP contribution in [0.3, 0.4) is 0 Å². The fraction of sp³-hybridized carbons (Fsp3) is 0.118. The Morgan fingerprint density at radius 1 is 1.05 bits per heavy atom. The molecule has 2 N–H and O–H groups in total. The van der Waals surface area contributed by atoms with Crippen molar-refractivity contribution >= 4 is 16.8 Å². The number of rotatable bonds is 3. The van der Waals surface area contributed by atoms with Crippen LogP contribution in [0.1, 0.15) is 28.9 Å². The molecule has 1 heterocycles. The fourth-order valence-electron chi connectivity index (χ4n) is 2.61. The third-order valence-electron chi connectivity index (χ3n) is 3.71. The Morgan fingerprint density at radius 3 is 2.40 bits per heavy atom. The van der Waals surface area contributed by atoms with Gasteiger partial charge in [-0.1, -0.05) is 48.5 Å². The third-order valence-corrected chi connectivity index (χ3v) is 3.71. The summed E-state index contributed by atoms with van der Waals surface area (Å²) in [7, 11) is 0. The van der Waals surface area contributed by atoms with Crippen molar-refractivity contribution in [2.75, 3.05) is 0 Å². The number of fused-ring (bicyclic) bond motifs is 1. The van der Waals surface area contributed by atoms with Gasteiger partial charge in [0.05, 0.1) is 11.6 Å². The second kappa shape index (κ2) is 4.85. The van der Waals surface area contributed by atoms with Crippen LogP contribution >= 0.6 is 0 Å². The highest BCUT2D eigenvalue weighted by atomic mass is 16.1. The van der Waals surface area contributed by atoms with E-state index in [0.29, 0.717) is 5.56 Å². The minimum Gasteiger partial charge on any atom is -0.366 e. The van der Waals surface area contributed by atoms with Gasteiger partial charge in [-0.2, -0.15) is 0 Å². The summed E-state index contributed by atoms with van der Waals surface area (Å²) >= 11 is 0. The zero-order chi connectivity index (χ0) is 14.1. The van der Waals surface area contributed by atoms with E-state index in [1.54, 1.807) is 0 Å². The van der Waals surface area contributed by atoms with Gasteiger partial charge in [0.2, 0.25) is 0 Å². The van der Waals surface area contributed by atoms with Gasteiger partial charge in [-0.15, -0.1) is 0 Å². The van der Waals surface area contributed by atoms with E-state index in [0.717, 1.165) is 10.9 Å². The maximum atomic E-state index is 11.6. The lowest BCUT2D eigenvalue weighted by molar-refractivity contribution is 0.100. The molecule has 0 fully saturated rings. The SMILES string of the molecule is CC(c1ccccc1)n1cc(C(N)=O)c2ccccc21. The molecule has 100 valence electrons. The first-order valence-corrected chi connectivity index (χ1v) is 6.63. The molecular formula is C17H16N2O. The molecule has 1 amide bonds. The maximum Gasteiger partial charge on any atom is 0.250 e. The van der Waals surface area contributed by atoms with E-state index < -0.39 is 0 Å². The number of benzene rings is 2. The molecule has 3 nitrogen and oxygen atoms in total. The van der Waals surface area contributed by atoms with Gasteiger partial charge in [0, 0.05) is 17.1 Å². The van der Waals surface area contributed by atoms with Gasteiger partial charge in [-0.3, -0.25) is 4.79 Å². The molecule has 3 aromatic rings. The number of primary amides is 1. The predicted octanol–water partition coefficient (Wildman–Crippen LogP) is 3.35. The van der Waals surface area contributed by atoms with Crippen LogP contribution in [0.15, 0.2) is 60.8 Å². The number of aromatic nitrogens is 1. The summed E-state index contributed by atoms with van der Waals surface area (Å²) in [5.41, 5.74) is 8.28. The monoisotopic (exact) mass is 264 g/mol. The van der Waals surface area contributed by atoms with E-state index in [1.165, 1.54) is 5.56 Å². The van der Waals surface area contributed by atoms with Gasteiger partial charge < -0.3 is 10.3 Å². The molecule has 0 saturated heterocycles. The van der Waals surface area contributed by atoms with Crippen LogP contribution in [-0.4, -0.2) is 10.5 Å². The number of carbonyl (C=O) groups is 1. The van der Waals surface area contributed by atoms with Gasteiger partial charge in [-0.25, -0.2) is 0 Å². The van der Waals surface area contributed by atoms with Crippen LogP contribution in [0.5, 0.6) is 0 Å². The van der Waals surface area contributed by atoms with Gasteiger partial charge >= 0.3 is 0 Å². The molecule has 0 bridgehead atoms. The quantitative estimate of drug-likeness (QED) is 0.774. The van der Waals surface area contributed by atoms with Crippen molar-refractivity contribution in [3.05, 3.63) is 71.9 Å². The van der Waals surface area contributed by atoms with Gasteiger partial charge in [-0.05, 0) is 18.6 Å². The van der Waals surface area contributed by atoms with E-state index in [-0.39, 0.29) is 11.9 Å². The Kier molecular flexibility index (Phi) is 3.03. The van der Waals surface area contributed by atoms with Crippen LogP contribution in [-0.2, 0) is 0 Å². The summed E-state index contributed by atoms with van der Waals surface area (Å²) in [4.78, 5) is 11.6. The molecule has 1 unspecified atom stereocenters. The van der Waals surface area contributed by atoms with Crippen molar-refractivity contribution in [3.63, 3.8) is 0 Å². The zero-order valence-corrected chi connectivity index (χ0v) is 11.3. The Morgan fingerprint density at radius 2 is 1.70 bits per heavy atom. The lowest BCUT2D eigenvalue weighted by Crippen LogP contribution is -2.10. The number of hydrogen-bond donors (Lipinski definition) is 1. The number of amides is 1. The predicted molar refractivity (Wildman–Crippen MR) is 80.7 cm³/mol. The Labute approximate surface area is 117 Å². The summed E-state index contributed by atoms with van der Waals surface area (Å²) in [6.07, 6.45) is 1.85. The van der Waals surface area contributed by atoms with Crippen molar-refractivity contribution in [2.24, 2.45) is 5.73 Å². The summed E-state index contributed by atoms with van der Waals surface area (Å²) in [6, 6.07) is 18.2. The van der Waals surface area contributed by atoms with Gasteiger partial charge in [0.1, 0.15) is 0 Å². The van der Waals surface area contributed by atoms with Crippen LogP contribution < -0.4 is 5.73 Å². The van der Waals surface area contributed by atoms with Crippen LogP contribution in [0, 0.1) is 0 Å². The third kappa shape index (κ3) is 1.97.